The molecule has 6 nitrogen and oxygen atoms in total. The van der Waals surface area contributed by atoms with E-state index < -0.39 is 0 Å². The number of carbonyl (C=O) groups excluding carboxylic acids is 1. The van der Waals surface area contributed by atoms with Crippen LogP contribution in [-0.4, -0.2) is 46.4 Å². The van der Waals surface area contributed by atoms with Crippen LogP contribution in [0.2, 0.25) is 0 Å². The average Bonchev–Trinajstić information content (AvgIpc) is 2.60. The highest BCUT2D eigenvalue weighted by atomic mass is 16.5. The first kappa shape index (κ1) is 18.4. The molecule has 0 spiro atoms. The van der Waals surface area contributed by atoms with E-state index in [4.69, 9.17) is 14.2 Å². The lowest BCUT2D eigenvalue weighted by Gasteiger charge is -2.29. The molecule has 24 heavy (non-hydrogen) atoms. The third-order valence-electron chi connectivity index (χ3n) is 4.68. The third kappa shape index (κ3) is 4.54. The smallest absolute Gasteiger partial charge is 0.275 e. The van der Waals surface area contributed by atoms with Crippen LogP contribution in [0, 0.1) is 0 Å². The van der Waals surface area contributed by atoms with Gasteiger partial charge in [0.1, 0.15) is 0 Å². The SMILES string of the molecule is COc1cc(CNC(=O)C[NH+]2CCCC[C@@H]2C)cc(OC)c1OC. The van der Waals surface area contributed by atoms with Gasteiger partial charge in [0, 0.05) is 6.54 Å². The Kier molecular flexibility index (Phi) is 6.73. The van der Waals surface area contributed by atoms with Crippen LogP contribution in [0.15, 0.2) is 12.1 Å². The summed E-state index contributed by atoms with van der Waals surface area (Å²) in [6, 6.07) is 4.28. The molecule has 2 atom stereocenters. The molecule has 1 saturated heterocycles. The molecule has 1 fully saturated rings. The van der Waals surface area contributed by atoms with Crippen molar-refractivity contribution in [2.45, 2.75) is 38.8 Å². The summed E-state index contributed by atoms with van der Waals surface area (Å²) in [6.45, 7) is 4.28. The third-order valence-corrected chi connectivity index (χ3v) is 4.68. The Hall–Kier alpha value is -1.95. The van der Waals surface area contributed by atoms with Crippen molar-refractivity contribution in [1.82, 2.24) is 5.32 Å². The number of hydrogen-bond acceptors (Lipinski definition) is 4. The van der Waals surface area contributed by atoms with Crippen LogP contribution in [0.3, 0.4) is 0 Å². The van der Waals surface area contributed by atoms with Gasteiger partial charge in [0.15, 0.2) is 18.0 Å². The zero-order chi connectivity index (χ0) is 17.5. The number of rotatable bonds is 7. The van der Waals surface area contributed by atoms with Crippen molar-refractivity contribution in [3.63, 3.8) is 0 Å². The van der Waals surface area contributed by atoms with Gasteiger partial charge in [-0.1, -0.05) is 0 Å². The Morgan fingerprint density at radius 1 is 1.17 bits per heavy atom. The van der Waals surface area contributed by atoms with Crippen molar-refractivity contribution in [3.8, 4) is 17.2 Å². The van der Waals surface area contributed by atoms with Crippen molar-refractivity contribution in [1.29, 1.82) is 0 Å². The van der Waals surface area contributed by atoms with Crippen molar-refractivity contribution in [2.24, 2.45) is 0 Å². The fourth-order valence-electron chi connectivity index (χ4n) is 3.22. The maximum atomic E-state index is 12.2. The minimum absolute atomic E-state index is 0.0764. The minimum atomic E-state index is 0.0764. The van der Waals surface area contributed by atoms with Gasteiger partial charge in [-0.15, -0.1) is 0 Å². The molecular formula is C18H29N2O4+. The first-order chi connectivity index (χ1) is 11.6. The first-order valence-electron chi connectivity index (χ1n) is 8.49. The van der Waals surface area contributed by atoms with Crippen LogP contribution in [0.1, 0.15) is 31.7 Å². The van der Waals surface area contributed by atoms with Crippen LogP contribution >= 0.6 is 0 Å². The van der Waals surface area contributed by atoms with E-state index >= 15 is 0 Å². The van der Waals surface area contributed by atoms with Gasteiger partial charge in [-0.05, 0) is 43.9 Å². The molecule has 1 aromatic carbocycles. The number of piperidine rings is 1. The second kappa shape index (κ2) is 8.78. The van der Waals surface area contributed by atoms with Gasteiger partial charge >= 0.3 is 0 Å². The number of amides is 1. The molecule has 134 valence electrons. The highest BCUT2D eigenvalue weighted by molar-refractivity contribution is 5.76. The molecule has 1 heterocycles. The zero-order valence-electron chi connectivity index (χ0n) is 15.1. The van der Waals surface area contributed by atoms with Crippen molar-refractivity contribution >= 4 is 5.91 Å². The number of methoxy groups -OCH3 is 3. The van der Waals surface area contributed by atoms with Crippen molar-refractivity contribution < 1.29 is 23.9 Å². The maximum absolute atomic E-state index is 12.2. The second-order valence-corrected chi connectivity index (χ2v) is 6.29. The summed E-state index contributed by atoms with van der Waals surface area (Å²) in [5, 5.41) is 3.00. The van der Waals surface area contributed by atoms with E-state index in [-0.39, 0.29) is 5.91 Å². The largest absolute Gasteiger partial charge is 0.493 e. The fourth-order valence-corrected chi connectivity index (χ4v) is 3.22. The summed E-state index contributed by atoms with van der Waals surface area (Å²) in [4.78, 5) is 13.6. The maximum Gasteiger partial charge on any atom is 0.275 e. The van der Waals surface area contributed by atoms with Gasteiger partial charge in [-0.25, -0.2) is 0 Å². The number of likely N-dealkylation sites (tertiary alicyclic amines) is 1. The number of benzene rings is 1. The first-order valence-corrected chi connectivity index (χ1v) is 8.49. The molecule has 0 radical (unpaired) electrons. The summed E-state index contributed by atoms with van der Waals surface area (Å²) in [6.07, 6.45) is 3.69. The molecule has 1 amide bonds. The number of nitrogens with one attached hydrogen (secondary N) is 2. The number of ether oxygens (including phenoxy) is 3. The van der Waals surface area contributed by atoms with Gasteiger partial charge in [0.05, 0.1) is 33.9 Å². The van der Waals surface area contributed by atoms with E-state index in [1.807, 2.05) is 12.1 Å². The molecule has 2 rings (SSSR count). The lowest BCUT2D eigenvalue weighted by Crippen LogP contribution is -3.17. The number of quaternary nitrogens is 1. The Bertz CT molecular complexity index is 537. The van der Waals surface area contributed by atoms with E-state index in [2.05, 4.69) is 12.2 Å². The summed E-state index contributed by atoms with van der Waals surface area (Å²) >= 11 is 0. The molecule has 1 aromatic rings. The Balaban J connectivity index is 1.97. The predicted molar refractivity (Wildman–Crippen MR) is 92.0 cm³/mol. The van der Waals surface area contributed by atoms with E-state index in [1.54, 1.807) is 21.3 Å². The minimum Gasteiger partial charge on any atom is -0.493 e. The quantitative estimate of drug-likeness (QED) is 0.772. The second-order valence-electron chi connectivity index (χ2n) is 6.29. The van der Waals surface area contributed by atoms with Crippen LogP contribution in [0.4, 0.5) is 0 Å². The lowest BCUT2D eigenvalue weighted by molar-refractivity contribution is -0.921. The summed E-state index contributed by atoms with van der Waals surface area (Å²) in [5.74, 6) is 1.82. The summed E-state index contributed by atoms with van der Waals surface area (Å²) in [7, 11) is 4.74. The van der Waals surface area contributed by atoms with E-state index in [1.165, 1.54) is 24.2 Å². The monoisotopic (exact) mass is 337 g/mol. The lowest BCUT2D eigenvalue weighted by atomic mass is 10.0. The molecule has 2 N–H and O–H groups in total. The average molecular weight is 337 g/mol. The highest BCUT2D eigenvalue weighted by Gasteiger charge is 2.24. The number of hydrogen-bond donors (Lipinski definition) is 2. The van der Waals surface area contributed by atoms with Gasteiger partial charge in [0.2, 0.25) is 5.75 Å². The van der Waals surface area contributed by atoms with Crippen LogP contribution in [0.5, 0.6) is 17.2 Å². The van der Waals surface area contributed by atoms with E-state index in [9.17, 15) is 4.79 Å². The number of carbonyl (C=O) groups is 1. The summed E-state index contributed by atoms with van der Waals surface area (Å²) < 4.78 is 16.0. The topological polar surface area (TPSA) is 61.2 Å². The molecule has 1 aliphatic rings. The molecule has 1 unspecified atom stereocenters. The molecule has 0 saturated carbocycles. The molecule has 0 bridgehead atoms. The van der Waals surface area contributed by atoms with Crippen LogP contribution in [0.25, 0.3) is 0 Å². The van der Waals surface area contributed by atoms with Gasteiger partial charge < -0.3 is 24.4 Å². The molecule has 0 aromatic heterocycles. The normalized spacial score (nSPS) is 20.3. The Morgan fingerprint density at radius 2 is 1.83 bits per heavy atom. The Morgan fingerprint density at radius 3 is 2.38 bits per heavy atom. The van der Waals surface area contributed by atoms with Crippen molar-refractivity contribution in [2.75, 3.05) is 34.4 Å². The molecular weight excluding hydrogens is 308 g/mol. The molecule has 1 aliphatic heterocycles. The fraction of sp³-hybridized carbons (Fsp3) is 0.611. The summed E-state index contributed by atoms with van der Waals surface area (Å²) in [5.41, 5.74) is 0.916. The van der Waals surface area contributed by atoms with Gasteiger partial charge in [0.25, 0.3) is 5.91 Å². The zero-order valence-corrected chi connectivity index (χ0v) is 15.1. The van der Waals surface area contributed by atoms with Gasteiger partial charge in [-0.2, -0.15) is 0 Å². The van der Waals surface area contributed by atoms with Gasteiger partial charge in [-0.3, -0.25) is 4.79 Å². The van der Waals surface area contributed by atoms with E-state index in [0.717, 1.165) is 12.1 Å². The molecule has 0 aliphatic carbocycles. The van der Waals surface area contributed by atoms with Crippen LogP contribution in [-0.2, 0) is 11.3 Å². The van der Waals surface area contributed by atoms with Crippen molar-refractivity contribution in [3.05, 3.63) is 17.7 Å². The van der Waals surface area contributed by atoms with E-state index in [0.29, 0.717) is 36.4 Å². The van der Waals surface area contributed by atoms with Crippen LogP contribution < -0.4 is 24.4 Å². The molecule has 6 heteroatoms. The Labute approximate surface area is 144 Å². The standard InChI is InChI=1S/C18H28N2O4/c1-13-7-5-6-8-20(13)12-17(21)19-11-14-9-15(22-2)18(24-4)16(10-14)23-3/h9-10,13H,5-8,11-12H2,1-4H3,(H,19,21)/p+1/t13-/m0/s1. The predicted octanol–water partition coefficient (Wildman–Crippen LogP) is 0.786. The highest BCUT2D eigenvalue weighted by Crippen LogP contribution is 2.38.